The van der Waals surface area contributed by atoms with Crippen LogP contribution in [0.15, 0.2) is 0 Å². The van der Waals surface area contributed by atoms with Gasteiger partial charge in [-0.3, -0.25) is 4.79 Å². The van der Waals surface area contributed by atoms with Gasteiger partial charge in [0.2, 0.25) is 0 Å². The third kappa shape index (κ3) is 7.72. The van der Waals surface area contributed by atoms with E-state index >= 15 is 0 Å². The third-order valence-electron chi connectivity index (χ3n) is 2.12. The number of esters is 1. The standard InChI is InChI=1S/C12H21NO4/c1-8(7-13)10(15)5-9(14)6-11(16)17-12(2,3)4/h8-10,14-15H,5-6H2,1-4H3. The SMILES string of the molecule is CC(C#N)C(O)CC(O)CC(=O)OC(C)(C)C. The maximum atomic E-state index is 11.4. The molecule has 0 aliphatic rings. The van der Waals surface area contributed by atoms with E-state index in [2.05, 4.69) is 0 Å². The van der Waals surface area contributed by atoms with E-state index < -0.39 is 29.7 Å². The summed E-state index contributed by atoms with van der Waals surface area (Å²) >= 11 is 0. The molecule has 0 aromatic carbocycles. The highest BCUT2D eigenvalue weighted by molar-refractivity contribution is 5.70. The van der Waals surface area contributed by atoms with Gasteiger partial charge in [-0.25, -0.2) is 0 Å². The van der Waals surface area contributed by atoms with Crippen LogP contribution in [-0.4, -0.2) is 34.0 Å². The van der Waals surface area contributed by atoms with E-state index in [1.165, 1.54) is 0 Å². The van der Waals surface area contributed by atoms with E-state index in [0.717, 1.165) is 0 Å². The Kier molecular flexibility index (Phi) is 6.14. The quantitative estimate of drug-likeness (QED) is 0.703. The number of carbonyl (C=O) groups excluding carboxylic acids is 1. The zero-order chi connectivity index (χ0) is 13.6. The van der Waals surface area contributed by atoms with E-state index in [1.807, 2.05) is 6.07 Å². The molecular weight excluding hydrogens is 222 g/mol. The summed E-state index contributed by atoms with van der Waals surface area (Å²) < 4.78 is 5.03. The Morgan fingerprint density at radius 1 is 1.41 bits per heavy atom. The van der Waals surface area contributed by atoms with Gasteiger partial charge in [-0.2, -0.15) is 5.26 Å². The van der Waals surface area contributed by atoms with Crippen LogP contribution in [0.2, 0.25) is 0 Å². The van der Waals surface area contributed by atoms with Crippen LogP contribution in [-0.2, 0) is 9.53 Å². The van der Waals surface area contributed by atoms with Crippen molar-refractivity contribution in [3.05, 3.63) is 0 Å². The van der Waals surface area contributed by atoms with Gasteiger partial charge in [0.05, 0.1) is 30.6 Å². The highest BCUT2D eigenvalue weighted by Gasteiger charge is 2.23. The van der Waals surface area contributed by atoms with Crippen LogP contribution in [0.3, 0.4) is 0 Å². The molecule has 0 saturated heterocycles. The third-order valence-corrected chi connectivity index (χ3v) is 2.12. The molecule has 3 unspecified atom stereocenters. The molecule has 0 rings (SSSR count). The van der Waals surface area contributed by atoms with Crippen LogP contribution < -0.4 is 0 Å². The Hall–Kier alpha value is -1.12. The highest BCUT2D eigenvalue weighted by Crippen LogP contribution is 2.13. The van der Waals surface area contributed by atoms with E-state index in [9.17, 15) is 15.0 Å². The summed E-state index contributed by atoms with van der Waals surface area (Å²) in [5.74, 6) is -1.08. The fraction of sp³-hybridized carbons (Fsp3) is 0.833. The van der Waals surface area contributed by atoms with Crippen LogP contribution in [0.5, 0.6) is 0 Å². The molecule has 5 nitrogen and oxygen atoms in total. The lowest BCUT2D eigenvalue weighted by Crippen LogP contribution is -2.29. The van der Waals surface area contributed by atoms with Crippen molar-refractivity contribution in [1.82, 2.24) is 0 Å². The molecule has 0 aromatic heterocycles. The number of carbonyl (C=O) groups is 1. The van der Waals surface area contributed by atoms with Gasteiger partial charge in [-0.1, -0.05) is 0 Å². The first-order valence-corrected chi connectivity index (χ1v) is 5.63. The minimum Gasteiger partial charge on any atom is -0.460 e. The molecule has 0 radical (unpaired) electrons. The van der Waals surface area contributed by atoms with Crippen LogP contribution in [0.1, 0.15) is 40.5 Å². The van der Waals surface area contributed by atoms with Crippen LogP contribution in [0, 0.1) is 17.2 Å². The second-order valence-corrected chi connectivity index (χ2v) is 5.17. The molecule has 0 bridgehead atoms. The highest BCUT2D eigenvalue weighted by atomic mass is 16.6. The summed E-state index contributed by atoms with van der Waals surface area (Å²) in [6.07, 6.45) is -2.10. The lowest BCUT2D eigenvalue weighted by atomic mass is 9.99. The Morgan fingerprint density at radius 3 is 2.35 bits per heavy atom. The molecule has 0 aliphatic heterocycles. The second kappa shape index (κ2) is 6.58. The van der Waals surface area contributed by atoms with Crippen LogP contribution >= 0.6 is 0 Å². The molecule has 0 spiro atoms. The molecule has 5 heteroatoms. The maximum Gasteiger partial charge on any atom is 0.308 e. The summed E-state index contributed by atoms with van der Waals surface area (Å²) in [4.78, 5) is 11.4. The van der Waals surface area contributed by atoms with E-state index in [-0.39, 0.29) is 12.8 Å². The van der Waals surface area contributed by atoms with Crippen molar-refractivity contribution < 1.29 is 19.7 Å². The van der Waals surface area contributed by atoms with Gasteiger partial charge >= 0.3 is 5.97 Å². The Morgan fingerprint density at radius 2 is 1.94 bits per heavy atom. The summed E-state index contributed by atoms with van der Waals surface area (Å²) in [5, 5.41) is 27.6. The first-order chi connectivity index (χ1) is 7.65. The molecule has 0 heterocycles. The van der Waals surface area contributed by atoms with E-state index in [4.69, 9.17) is 10.00 Å². The van der Waals surface area contributed by atoms with Gasteiger partial charge < -0.3 is 14.9 Å². The zero-order valence-electron chi connectivity index (χ0n) is 10.8. The van der Waals surface area contributed by atoms with Gasteiger partial charge in [0, 0.05) is 6.42 Å². The fourth-order valence-corrected chi connectivity index (χ4v) is 1.23. The molecule has 0 aliphatic carbocycles. The normalized spacial score (nSPS) is 16.8. The van der Waals surface area contributed by atoms with Crippen LogP contribution in [0.25, 0.3) is 0 Å². The zero-order valence-corrected chi connectivity index (χ0v) is 10.8. The monoisotopic (exact) mass is 243 g/mol. The smallest absolute Gasteiger partial charge is 0.308 e. The van der Waals surface area contributed by atoms with E-state index in [0.29, 0.717) is 0 Å². The largest absolute Gasteiger partial charge is 0.460 e. The first-order valence-electron chi connectivity index (χ1n) is 5.63. The van der Waals surface area contributed by atoms with Crippen LogP contribution in [0.4, 0.5) is 0 Å². The number of aliphatic hydroxyl groups excluding tert-OH is 2. The number of nitrogens with zero attached hydrogens (tertiary/aromatic N) is 1. The predicted octanol–water partition coefficient (Wildman–Crippen LogP) is 0.990. The van der Waals surface area contributed by atoms with Crippen molar-refractivity contribution in [3.8, 4) is 6.07 Å². The van der Waals surface area contributed by atoms with Gasteiger partial charge in [-0.05, 0) is 27.7 Å². The van der Waals surface area contributed by atoms with Gasteiger partial charge in [0.25, 0.3) is 0 Å². The molecule has 0 saturated carbocycles. The van der Waals surface area contributed by atoms with Crippen molar-refractivity contribution in [2.45, 2.75) is 58.3 Å². The lowest BCUT2D eigenvalue weighted by molar-refractivity contribution is -0.157. The summed E-state index contributed by atoms with van der Waals surface area (Å²) in [7, 11) is 0. The Bertz CT molecular complexity index is 290. The topological polar surface area (TPSA) is 90.5 Å². The second-order valence-electron chi connectivity index (χ2n) is 5.17. The van der Waals surface area contributed by atoms with E-state index in [1.54, 1.807) is 27.7 Å². The molecule has 0 aromatic rings. The maximum absolute atomic E-state index is 11.4. The van der Waals surface area contributed by atoms with Crippen molar-refractivity contribution in [3.63, 3.8) is 0 Å². The van der Waals surface area contributed by atoms with Gasteiger partial charge in [0.1, 0.15) is 5.60 Å². The number of aliphatic hydroxyl groups is 2. The van der Waals surface area contributed by atoms with Crippen molar-refractivity contribution in [2.24, 2.45) is 5.92 Å². The first kappa shape index (κ1) is 15.9. The number of hydrogen-bond donors (Lipinski definition) is 2. The predicted molar refractivity (Wildman–Crippen MR) is 61.9 cm³/mol. The fourth-order valence-electron chi connectivity index (χ4n) is 1.23. The molecule has 98 valence electrons. The Balaban J connectivity index is 4.07. The molecule has 2 N–H and O–H groups in total. The van der Waals surface area contributed by atoms with Crippen molar-refractivity contribution in [1.29, 1.82) is 5.26 Å². The molecular formula is C12H21NO4. The van der Waals surface area contributed by atoms with Gasteiger partial charge in [-0.15, -0.1) is 0 Å². The average Bonchev–Trinajstić information content (AvgIpc) is 2.12. The van der Waals surface area contributed by atoms with Crippen molar-refractivity contribution >= 4 is 5.97 Å². The molecule has 3 atom stereocenters. The molecule has 17 heavy (non-hydrogen) atoms. The summed E-state index contributed by atoms with van der Waals surface area (Å²) in [5.41, 5.74) is -0.588. The molecule has 0 amide bonds. The minimum absolute atomic E-state index is 0.00598. The molecule has 0 fully saturated rings. The number of nitriles is 1. The lowest BCUT2D eigenvalue weighted by Gasteiger charge is -2.21. The summed E-state index contributed by atoms with van der Waals surface area (Å²) in [6.45, 7) is 6.78. The van der Waals surface area contributed by atoms with Crippen molar-refractivity contribution in [2.75, 3.05) is 0 Å². The number of hydrogen-bond acceptors (Lipinski definition) is 5. The number of rotatable bonds is 5. The summed E-state index contributed by atoms with van der Waals surface area (Å²) in [6, 6.07) is 1.88. The average molecular weight is 243 g/mol. The minimum atomic E-state index is -0.990. The number of ether oxygens (including phenoxy) is 1. The Labute approximate surface area is 102 Å². The van der Waals surface area contributed by atoms with Gasteiger partial charge in [0.15, 0.2) is 0 Å².